The van der Waals surface area contributed by atoms with Gasteiger partial charge in [0.15, 0.2) is 11.5 Å². The van der Waals surface area contributed by atoms with E-state index >= 15 is 0 Å². The highest BCUT2D eigenvalue weighted by molar-refractivity contribution is 5.94. The zero-order valence-corrected chi connectivity index (χ0v) is 18.2. The van der Waals surface area contributed by atoms with E-state index in [0.29, 0.717) is 18.7 Å². The number of aryl methyl sites for hydroxylation is 1. The number of ether oxygens (including phenoxy) is 2. The van der Waals surface area contributed by atoms with Gasteiger partial charge in [0.1, 0.15) is 0 Å². The van der Waals surface area contributed by atoms with Crippen LogP contribution in [0, 0.1) is 6.92 Å². The highest BCUT2D eigenvalue weighted by atomic mass is 16.5. The van der Waals surface area contributed by atoms with Gasteiger partial charge in [0.25, 0.3) is 5.91 Å². The molecule has 162 valence electrons. The Morgan fingerprint density at radius 2 is 1.68 bits per heavy atom. The molecule has 0 bridgehead atoms. The van der Waals surface area contributed by atoms with Gasteiger partial charge in [-0.25, -0.2) is 4.68 Å². The summed E-state index contributed by atoms with van der Waals surface area (Å²) in [5.74, 6) is 1.55. The third-order valence-electron chi connectivity index (χ3n) is 5.60. The minimum absolute atomic E-state index is 0.0777. The number of piperazine rings is 1. The summed E-state index contributed by atoms with van der Waals surface area (Å²) in [6, 6.07) is 13.6. The van der Waals surface area contributed by atoms with E-state index < -0.39 is 0 Å². The SMILES string of the molecule is COc1ccc(CN2CCN(C(=O)c3ccc(-n4cc(C)cn4)cc3)CC2)cc1OC. The lowest BCUT2D eigenvalue weighted by Gasteiger charge is -2.35. The van der Waals surface area contributed by atoms with Gasteiger partial charge in [-0.1, -0.05) is 6.07 Å². The number of benzene rings is 2. The van der Waals surface area contributed by atoms with E-state index in [-0.39, 0.29) is 5.91 Å². The number of carbonyl (C=O) groups excluding carboxylic acids is 1. The molecule has 0 radical (unpaired) electrons. The number of hydrogen-bond acceptors (Lipinski definition) is 5. The van der Waals surface area contributed by atoms with Crippen molar-refractivity contribution in [1.82, 2.24) is 19.6 Å². The Balaban J connectivity index is 1.33. The van der Waals surface area contributed by atoms with Crippen molar-refractivity contribution < 1.29 is 14.3 Å². The minimum Gasteiger partial charge on any atom is -0.493 e. The zero-order valence-electron chi connectivity index (χ0n) is 18.2. The van der Waals surface area contributed by atoms with E-state index in [4.69, 9.17) is 9.47 Å². The summed E-state index contributed by atoms with van der Waals surface area (Å²) in [7, 11) is 3.29. The molecule has 1 fully saturated rings. The number of methoxy groups -OCH3 is 2. The maximum absolute atomic E-state index is 12.9. The molecule has 1 aliphatic heterocycles. The Morgan fingerprint density at radius 1 is 0.968 bits per heavy atom. The summed E-state index contributed by atoms with van der Waals surface area (Å²) in [5, 5.41) is 4.31. The predicted molar refractivity (Wildman–Crippen MR) is 119 cm³/mol. The summed E-state index contributed by atoms with van der Waals surface area (Å²) in [5.41, 5.74) is 3.93. The maximum Gasteiger partial charge on any atom is 0.253 e. The number of aromatic nitrogens is 2. The van der Waals surface area contributed by atoms with Crippen molar-refractivity contribution in [2.75, 3.05) is 40.4 Å². The van der Waals surface area contributed by atoms with Gasteiger partial charge in [0, 0.05) is 44.5 Å². The first kappa shape index (κ1) is 20.9. The number of amides is 1. The van der Waals surface area contributed by atoms with Gasteiger partial charge in [0.05, 0.1) is 26.1 Å². The Hall–Kier alpha value is -3.32. The van der Waals surface area contributed by atoms with Crippen LogP contribution in [0.1, 0.15) is 21.5 Å². The van der Waals surface area contributed by atoms with Crippen molar-refractivity contribution in [3.05, 3.63) is 71.5 Å². The van der Waals surface area contributed by atoms with Gasteiger partial charge < -0.3 is 14.4 Å². The van der Waals surface area contributed by atoms with Gasteiger partial charge in [-0.2, -0.15) is 5.10 Å². The Bertz CT molecular complexity index is 1040. The molecule has 0 spiro atoms. The number of nitrogens with zero attached hydrogens (tertiary/aromatic N) is 4. The normalized spacial score (nSPS) is 14.5. The van der Waals surface area contributed by atoms with E-state index in [9.17, 15) is 4.79 Å². The van der Waals surface area contributed by atoms with Crippen LogP contribution in [0.4, 0.5) is 0 Å². The van der Waals surface area contributed by atoms with Crippen LogP contribution in [-0.2, 0) is 6.54 Å². The second kappa shape index (κ2) is 9.22. The van der Waals surface area contributed by atoms with Gasteiger partial charge in [-0.05, 0) is 54.4 Å². The van der Waals surface area contributed by atoms with Crippen LogP contribution in [0.5, 0.6) is 11.5 Å². The van der Waals surface area contributed by atoms with Crippen LogP contribution in [0.15, 0.2) is 54.9 Å². The minimum atomic E-state index is 0.0777. The van der Waals surface area contributed by atoms with Gasteiger partial charge >= 0.3 is 0 Å². The Kier molecular flexibility index (Phi) is 6.23. The highest BCUT2D eigenvalue weighted by Crippen LogP contribution is 2.28. The first-order valence-corrected chi connectivity index (χ1v) is 10.4. The third-order valence-corrected chi connectivity index (χ3v) is 5.60. The molecule has 2 aromatic carbocycles. The first-order valence-electron chi connectivity index (χ1n) is 10.4. The van der Waals surface area contributed by atoms with Crippen LogP contribution in [0.3, 0.4) is 0 Å². The average Bonchev–Trinajstić information content (AvgIpc) is 3.25. The first-order chi connectivity index (χ1) is 15.1. The molecule has 1 aliphatic rings. The van der Waals surface area contributed by atoms with Crippen LogP contribution in [-0.4, -0.2) is 65.9 Å². The van der Waals surface area contributed by atoms with Gasteiger partial charge in [-0.3, -0.25) is 9.69 Å². The summed E-state index contributed by atoms with van der Waals surface area (Å²) in [6.07, 6.45) is 3.79. The number of carbonyl (C=O) groups is 1. The summed E-state index contributed by atoms with van der Waals surface area (Å²) >= 11 is 0. The van der Waals surface area contributed by atoms with Crippen LogP contribution < -0.4 is 9.47 Å². The van der Waals surface area contributed by atoms with E-state index in [1.807, 2.05) is 65.3 Å². The molecule has 0 atom stereocenters. The molecule has 1 amide bonds. The fraction of sp³-hybridized carbons (Fsp3) is 0.333. The zero-order chi connectivity index (χ0) is 21.8. The molecule has 0 saturated carbocycles. The Labute approximate surface area is 182 Å². The molecule has 0 N–H and O–H groups in total. The predicted octanol–water partition coefficient (Wildman–Crippen LogP) is 3.16. The maximum atomic E-state index is 12.9. The molecule has 0 aliphatic carbocycles. The fourth-order valence-electron chi connectivity index (χ4n) is 3.84. The lowest BCUT2D eigenvalue weighted by molar-refractivity contribution is 0.0628. The van der Waals surface area contributed by atoms with Crippen molar-refractivity contribution in [3.8, 4) is 17.2 Å². The van der Waals surface area contributed by atoms with Crippen molar-refractivity contribution in [2.24, 2.45) is 0 Å². The van der Waals surface area contributed by atoms with E-state index in [1.54, 1.807) is 14.2 Å². The lowest BCUT2D eigenvalue weighted by Crippen LogP contribution is -2.48. The van der Waals surface area contributed by atoms with Crippen molar-refractivity contribution in [2.45, 2.75) is 13.5 Å². The number of rotatable bonds is 6. The van der Waals surface area contributed by atoms with Gasteiger partial charge in [-0.15, -0.1) is 0 Å². The molecule has 3 aromatic rings. The van der Waals surface area contributed by atoms with Crippen molar-refractivity contribution in [1.29, 1.82) is 0 Å². The molecule has 1 aromatic heterocycles. The monoisotopic (exact) mass is 420 g/mol. The van der Waals surface area contributed by atoms with E-state index in [1.165, 1.54) is 5.56 Å². The molecule has 31 heavy (non-hydrogen) atoms. The molecule has 0 unspecified atom stereocenters. The molecule has 2 heterocycles. The summed E-state index contributed by atoms with van der Waals surface area (Å²) in [4.78, 5) is 17.2. The second-order valence-electron chi connectivity index (χ2n) is 7.77. The topological polar surface area (TPSA) is 59.8 Å². The summed E-state index contributed by atoms with van der Waals surface area (Å²) < 4.78 is 12.5. The number of hydrogen-bond donors (Lipinski definition) is 0. The molecular formula is C24H28N4O3. The Morgan fingerprint density at radius 3 is 2.29 bits per heavy atom. The largest absolute Gasteiger partial charge is 0.493 e. The van der Waals surface area contributed by atoms with Crippen LogP contribution in [0.2, 0.25) is 0 Å². The third kappa shape index (κ3) is 4.72. The van der Waals surface area contributed by atoms with Crippen LogP contribution >= 0.6 is 0 Å². The molecular weight excluding hydrogens is 392 g/mol. The molecule has 1 saturated heterocycles. The summed E-state index contributed by atoms with van der Waals surface area (Å²) in [6.45, 7) is 5.93. The van der Waals surface area contributed by atoms with E-state index in [2.05, 4.69) is 16.1 Å². The highest BCUT2D eigenvalue weighted by Gasteiger charge is 2.22. The van der Waals surface area contributed by atoms with Crippen molar-refractivity contribution >= 4 is 5.91 Å². The molecule has 7 nitrogen and oxygen atoms in total. The fourth-order valence-corrected chi connectivity index (χ4v) is 3.84. The quantitative estimate of drug-likeness (QED) is 0.613. The van der Waals surface area contributed by atoms with Gasteiger partial charge in [0.2, 0.25) is 0 Å². The smallest absolute Gasteiger partial charge is 0.253 e. The van der Waals surface area contributed by atoms with E-state index in [0.717, 1.165) is 42.4 Å². The molecule has 4 rings (SSSR count). The standard InChI is InChI=1S/C24H28N4O3/c1-18-15-25-28(16-18)21-7-5-20(6-8-21)24(29)27-12-10-26(11-13-27)17-19-4-9-22(30-2)23(14-19)31-3/h4-9,14-16H,10-13,17H2,1-3H3. The average molecular weight is 421 g/mol. The second-order valence-corrected chi connectivity index (χ2v) is 7.77. The lowest BCUT2D eigenvalue weighted by atomic mass is 10.1. The molecule has 7 heteroatoms. The van der Waals surface area contributed by atoms with Crippen LogP contribution in [0.25, 0.3) is 5.69 Å². The van der Waals surface area contributed by atoms with Crippen molar-refractivity contribution in [3.63, 3.8) is 0 Å².